The van der Waals surface area contributed by atoms with Crippen LogP contribution in [0.5, 0.6) is 0 Å². The van der Waals surface area contributed by atoms with Crippen molar-refractivity contribution in [1.29, 1.82) is 0 Å². The highest BCUT2D eigenvalue weighted by molar-refractivity contribution is 14.1. The van der Waals surface area contributed by atoms with Crippen molar-refractivity contribution in [2.75, 3.05) is 5.32 Å². The third-order valence-corrected chi connectivity index (χ3v) is 3.26. The SMILES string of the molecule is NC(=O)Nc1ccc(CNC(=O)/C=C/c2ccc(I)o2)cc1. The molecular formula is C15H14IN3O3. The molecule has 0 aliphatic carbocycles. The summed E-state index contributed by atoms with van der Waals surface area (Å²) >= 11 is 2.06. The normalized spacial score (nSPS) is 10.6. The Morgan fingerprint density at radius 2 is 1.91 bits per heavy atom. The smallest absolute Gasteiger partial charge is 0.316 e. The molecule has 22 heavy (non-hydrogen) atoms. The lowest BCUT2D eigenvalue weighted by atomic mass is 10.2. The Kier molecular flexibility index (Phi) is 5.59. The highest BCUT2D eigenvalue weighted by Gasteiger charge is 2.00. The van der Waals surface area contributed by atoms with Crippen LogP contribution in [0.1, 0.15) is 11.3 Å². The van der Waals surface area contributed by atoms with Crippen LogP contribution < -0.4 is 16.4 Å². The van der Waals surface area contributed by atoms with E-state index in [-0.39, 0.29) is 5.91 Å². The van der Waals surface area contributed by atoms with Gasteiger partial charge in [0.05, 0.1) is 0 Å². The average Bonchev–Trinajstić information content (AvgIpc) is 2.89. The monoisotopic (exact) mass is 411 g/mol. The molecule has 1 aromatic carbocycles. The minimum Gasteiger partial charge on any atom is -0.451 e. The number of benzene rings is 1. The van der Waals surface area contributed by atoms with E-state index >= 15 is 0 Å². The van der Waals surface area contributed by atoms with E-state index in [0.29, 0.717) is 18.0 Å². The van der Waals surface area contributed by atoms with Crippen molar-refractivity contribution >= 4 is 46.3 Å². The van der Waals surface area contributed by atoms with E-state index in [4.69, 9.17) is 10.2 Å². The Labute approximate surface area is 140 Å². The third-order valence-electron chi connectivity index (χ3n) is 2.68. The number of nitrogens with one attached hydrogen (secondary N) is 2. The van der Waals surface area contributed by atoms with Crippen LogP contribution in [0.15, 0.2) is 46.9 Å². The lowest BCUT2D eigenvalue weighted by Gasteiger charge is -2.05. The molecule has 2 aromatic rings. The van der Waals surface area contributed by atoms with Gasteiger partial charge in [-0.3, -0.25) is 4.79 Å². The van der Waals surface area contributed by atoms with Crippen LogP contribution >= 0.6 is 22.6 Å². The zero-order valence-corrected chi connectivity index (χ0v) is 13.7. The van der Waals surface area contributed by atoms with Crippen molar-refractivity contribution in [1.82, 2.24) is 5.32 Å². The zero-order valence-electron chi connectivity index (χ0n) is 11.5. The van der Waals surface area contributed by atoms with Gasteiger partial charge in [0.1, 0.15) is 5.76 Å². The molecule has 0 aliphatic heterocycles. The second-order valence-electron chi connectivity index (χ2n) is 4.38. The summed E-state index contributed by atoms with van der Waals surface area (Å²) in [6.45, 7) is 0.385. The van der Waals surface area contributed by atoms with Gasteiger partial charge in [0, 0.05) is 18.3 Å². The molecule has 0 radical (unpaired) electrons. The topological polar surface area (TPSA) is 97.4 Å². The number of furan rings is 1. The summed E-state index contributed by atoms with van der Waals surface area (Å²) in [4.78, 5) is 22.4. The summed E-state index contributed by atoms with van der Waals surface area (Å²) in [5.41, 5.74) is 6.53. The molecule has 0 saturated carbocycles. The van der Waals surface area contributed by atoms with E-state index in [9.17, 15) is 9.59 Å². The molecule has 1 heterocycles. The van der Waals surface area contributed by atoms with E-state index in [0.717, 1.165) is 9.33 Å². The van der Waals surface area contributed by atoms with Crippen LogP contribution in [0.2, 0.25) is 0 Å². The van der Waals surface area contributed by atoms with Crippen LogP contribution in [0.25, 0.3) is 6.08 Å². The van der Waals surface area contributed by atoms with E-state index in [1.54, 1.807) is 36.4 Å². The van der Waals surface area contributed by atoms with Crippen LogP contribution in [-0.2, 0) is 11.3 Å². The molecule has 3 amide bonds. The quantitative estimate of drug-likeness (QED) is 0.522. The highest BCUT2D eigenvalue weighted by atomic mass is 127. The molecule has 6 nitrogen and oxygen atoms in total. The Balaban J connectivity index is 1.83. The summed E-state index contributed by atoms with van der Waals surface area (Å²) in [6, 6.07) is 10.0. The summed E-state index contributed by atoms with van der Waals surface area (Å²) < 4.78 is 6.08. The first-order chi connectivity index (χ1) is 10.5. The maximum atomic E-state index is 11.7. The lowest BCUT2D eigenvalue weighted by Crippen LogP contribution is -2.20. The van der Waals surface area contributed by atoms with Gasteiger partial charge in [-0.05, 0) is 58.5 Å². The summed E-state index contributed by atoms with van der Waals surface area (Å²) in [5, 5.41) is 5.22. The van der Waals surface area contributed by atoms with Crippen molar-refractivity contribution < 1.29 is 14.0 Å². The summed E-state index contributed by atoms with van der Waals surface area (Å²) in [7, 11) is 0. The number of nitrogens with two attached hydrogens (primary N) is 1. The molecule has 0 unspecified atom stereocenters. The van der Waals surface area contributed by atoms with Crippen LogP contribution in [0.4, 0.5) is 10.5 Å². The Hall–Kier alpha value is -2.29. The van der Waals surface area contributed by atoms with Gasteiger partial charge in [-0.25, -0.2) is 4.79 Å². The van der Waals surface area contributed by atoms with E-state index in [1.807, 2.05) is 6.07 Å². The number of anilines is 1. The van der Waals surface area contributed by atoms with Crippen LogP contribution in [0, 0.1) is 3.77 Å². The summed E-state index contributed by atoms with van der Waals surface area (Å²) in [5.74, 6) is 0.409. The second-order valence-corrected chi connectivity index (χ2v) is 5.44. The number of carbonyl (C=O) groups excluding carboxylic acids is 2. The summed E-state index contributed by atoms with van der Waals surface area (Å²) in [6.07, 6.45) is 3.02. The highest BCUT2D eigenvalue weighted by Crippen LogP contribution is 2.11. The van der Waals surface area contributed by atoms with Gasteiger partial charge in [0.25, 0.3) is 0 Å². The standard InChI is InChI=1S/C15H14IN3O3/c16-13-7-5-12(22-13)6-8-14(20)18-9-10-1-3-11(4-2-10)19-15(17)21/h1-8H,9H2,(H,18,20)(H3,17,19,21)/b8-6+. The molecule has 7 heteroatoms. The minimum atomic E-state index is -0.612. The fraction of sp³-hybridized carbons (Fsp3) is 0.0667. The number of rotatable bonds is 5. The molecule has 0 fully saturated rings. The molecule has 0 atom stereocenters. The average molecular weight is 411 g/mol. The van der Waals surface area contributed by atoms with E-state index in [1.165, 1.54) is 6.08 Å². The Morgan fingerprint density at radius 3 is 2.50 bits per heavy atom. The number of halogens is 1. The third kappa shape index (κ3) is 5.24. The van der Waals surface area contributed by atoms with Gasteiger partial charge in [-0.2, -0.15) is 0 Å². The molecule has 0 spiro atoms. The number of primary amides is 1. The van der Waals surface area contributed by atoms with Gasteiger partial charge >= 0.3 is 6.03 Å². The van der Waals surface area contributed by atoms with Crippen molar-refractivity contribution in [2.45, 2.75) is 6.54 Å². The molecular weight excluding hydrogens is 397 g/mol. The number of amides is 3. The van der Waals surface area contributed by atoms with Gasteiger partial charge < -0.3 is 20.8 Å². The maximum Gasteiger partial charge on any atom is 0.316 e. The second kappa shape index (κ2) is 7.64. The maximum absolute atomic E-state index is 11.7. The molecule has 1 aromatic heterocycles. The fourth-order valence-electron chi connectivity index (χ4n) is 1.67. The van der Waals surface area contributed by atoms with E-state index < -0.39 is 6.03 Å². The zero-order chi connectivity index (χ0) is 15.9. The molecule has 4 N–H and O–H groups in total. The van der Waals surface area contributed by atoms with Crippen molar-refractivity contribution in [3.63, 3.8) is 0 Å². The first kappa shape index (κ1) is 16.1. The largest absolute Gasteiger partial charge is 0.451 e. The molecule has 2 rings (SSSR count). The van der Waals surface area contributed by atoms with Crippen LogP contribution in [-0.4, -0.2) is 11.9 Å². The number of hydrogen-bond donors (Lipinski definition) is 3. The molecule has 114 valence electrons. The van der Waals surface area contributed by atoms with Gasteiger partial charge in [-0.1, -0.05) is 12.1 Å². The molecule has 0 bridgehead atoms. The van der Waals surface area contributed by atoms with Gasteiger partial charge in [-0.15, -0.1) is 0 Å². The lowest BCUT2D eigenvalue weighted by molar-refractivity contribution is -0.116. The predicted octanol–water partition coefficient (Wildman–Crippen LogP) is 2.70. The predicted molar refractivity (Wildman–Crippen MR) is 92.0 cm³/mol. The molecule has 0 saturated heterocycles. The minimum absolute atomic E-state index is 0.217. The fourth-order valence-corrected chi connectivity index (χ4v) is 2.11. The number of carbonyl (C=O) groups is 2. The number of urea groups is 1. The Bertz CT molecular complexity index is 692. The van der Waals surface area contributed by atoms with E-state index in [2.05, 4.69) is 33.2 Å². The van der Waals surface area contributed by atoms with Crippen molar-refractivity contribution in [3.8, 4) is 0 Å². The molecule has 0 aliphatic rings. The Morgan fingerprint density at radius 1 is 1.18 bits per heavy atom. The van der Waals surface area contributed by atoms with Gasteiger partial charge in [0.15, 0.2) is 3.77 Å². The number of hydrogen-bond acceptors (Lipinski definition) is 3. The first-order valence-corrected chi connectivity index (χ1v) is 7.47. The van der Waals surface area contributed by atoms with Crippen molar-refractivity contribution in [3.05, 3.63) is 57.6 Å². The van der Waals surface area contributed by atoms with Crippen molar-refractivity contribution in [2.24, 2.45) is 5.73 Å². The van der Waals surface area contributed by atoms with Gasteiger partial charge in [0.2, 0.25) is 5.91 Å². The van der Waals surface area contributed by atoms with Crippen LogP contribution in [0.3, 0.4) is 0 Å². The first-order valence-electron chi connectivity index (χ1n) is 6.39.